The van der Waals surface area contributed by atoms with Gasteiger partial charge in [-0.1, -0.05) is 41.5 Å². The molecule has 0 saturated carbocycles. The number of rotatable bonds is 18. The van der Waals surface area contributed by atoms with E-state index < -0.39 is 0 Å². The van der Waals surface area contributed by atoms with Gasteiger partial charge >= 0.3 is 0 Å². The van der Waals surface area contributed by atoms with Gasteiger partial charge in [-0.3, -0.25) is 0 Å². The quantitative estimate of drug-likeness (QED) is 0.350. The molecule has 0 saturated heterocycles. The second kappa shape index (κ2) is 17.2. The van der Waals surface area contributed by atoms with E-state index in [9.17, 15) is 0 Å². The number of likely N-dealkylation sites (N-methyl/N-ethyl adjacent to an activating group) is 4. The van der Waals surface area contributed by atoms with Gasteiger partial charge < -0.3 is 24.3 Å². The Morgan fingerprint density at radius 3 is 0.960 bits per heavy atom. The van der Waals surface area contributed by atoms with E-state index in [1.807, 2.05) is 0 Å². The molecule has 0 bridgehead atoms. The van der Waals surface area contributed by atoms with Gasteiger partial charge in [-0.25, -0.2) is 0 Å². The van der Waals surface area contributed by atoms with Crippen LogP contribution < -0.4 is 0 Å². The van der Waals surface area contributed by atoms with E-state index in [1.54, 1.807) is 0 Å². The van der Waals surface area contributed by atoms with Crippen LogP contribution in [-0.2, 0) is 4.74 Å². The van der Waals surface area contributed by atoms with Crippen molar-refractivity contribution in [3.05, 3.63) is 0 Å². The van der Waals surface area contributed by atoms with Crippen molar-refractivity contribution < 1.29 is 4.74 Å². The number of ether oxygens (including phenoxy) is 1. The zero-order valence-corrected chi connectivity index (χ0v) is 18.1. The summed E-state index contributed by atoms with van der Waals surface area (Å²) in [6.07, 6.45) is 0. The lowest BCUT2D eigenvalue weighted by molar-refractivity contribution is 0.0800. The third kappa shape index (κ3) is 12.7. The van der Waals surface area contributed by atoms with E-state index >= 15 is 0 Å². The van der Waals surface area contributed by atoms with Gasteiger partial charge in [-0.15, -0.1) is 0 Å². The van der Waals surface area contributed by atoms with Crippen molar-refractivity contribution in [2.75, 3.05) is 91.8 Å². The maximum Gasteiger partial charge on any atom is 0.0594 e. The Kier molecular flexibility index (Phi) is 17.1. The van der Waals surface area contributed by atoms with Crippen molar-refractivity contribution in [1.29, 1.82) is 0 Å². The first-order valence-electron chi connectivity index (χ1n) is 10.6. The molecule has 0 atom stereocenters. The molecule has 0 heterocycles. The van der Waals surface area contributed by atoms with Gasteiger partial charge in [0.25, 0.3) is 0 Å². The van der Waals surface area contributed by atoms with Crippen molar-refractivity contribution in [2.45, 2.75) is 41.5 Å². The van der Waals surface area contributed by atoms with Gasteiger partial charge in [-0.2, -0.15) is 0 Å². The Hall–Kier alpha value is -0.200. The van der Waals surface area contributed by atoms with Gasteiger partial charge in [0.15, 0.2) is 0 Å². The van der Waals surface area contributed by atoms with E-state index in [0.717, 1.165) is 91.8 Å². The lowest BCUT2D eigenvalue weighted by Gasteiger charge is -2.26. The van der Waals surface area contributed by atoms with Gasteiger partial charge in [0.2, 0.25) is 0 Å². The first-order chi connectivity index (χ1) is 12.1. The maximum atomic E-state index is 5.91. The van der Waals surface area contributed by atoms with Gasteiger partial charge in [0.05, 0.1) is 13.2 Å². The summed E-state index contributed by atoms with van der Waals surface area (Å²) in [5.74, 6) is 0. The summed E-state index contributed by atoms with van der Waals surface area (Å²) in [7, 11) is 0. The molecule has 0 unspecified atom stereocenters. The van der Waals surface area contributed by atoms with E-state index in [4.69, 9.17) is 4.74 Å². The zero-order valence-electron chi connectivity index (χ0n) is 18.1. The molecule has 0 aliphatic rings. The van der Waals surface area contributed by atoms with Crippen LogP contribution in [0.25, 0.3) is 0 Å². The average molecular weight is 359 g/mol. The number of hydrogen-bond donors (Lipinski definition) is 0. The maximum absolute atomic E-state index is 5.91. The van der Waals surface area contributed by atoms with Crippen molar-refractivity contribution in [3.8, 4) is 0 Å². The third-order valence-electron chi connectivity index (χ3n) is 5.25. The monoisotopic (exact) mass is 358 g/mol. The topological polar surface area (TPSA) is 22.2 Å². The Balaban J connectivity index is 3.82. The molecule has 5 heteroatoms. The number of nitrogens with zero attached hydrogens (tertiary/aromatic N) is 4. The summed E-state index contributed by atoms with van der Waals surface area (Å²) in [5, 5.41) is 0. The Morgan fingerprint density at radius 1 is 0.400 bits per heavy atom. The molecule has 0 fully saturated rings. The molecule has 0 spiro atoms. The summed E-state index contributed by atoms with van der Waals surface area (Å²) in [4.78, 5) is 9.96. The highest BCUT2D eigenvalue weighted by Gasteiger charge is 2.07. The Morgan fingerprint density at radius 2 is 0.680 bits per heavy atom. The fourth-order valence-corrected chi connectivity index (χ4v) is 2.99. The van der Waals surface area contributed by atoms with Crippen LogP contribution in [0.3, 0.4) is 0 Å². The molecule has 152 valence electrons. The zero-order chi connectivity index (χ0) is 18.9. The molecule has 0 aromatic heterocycles. The first kappa shape index (κ1) is 24.8. The van der Waals surface area contributed by atoms with Crippen molar-refractivity contribution >= 4 is 0 Å². The molecule has 0 rings (SSSR count). The highest BCUT2D eigenvalue weighted by molar-refractivity contribution is 4.62. The van der Waals surface area contributed by atoms with Crippen LogP contribution in [0.15, 0.2) is 0 Å². The van der Waals surface area contributed by atoms with Crippen molar-refractivity contribution in [1.82, 2.24) is 19.6 Å². The smallest absolute Gasteiger partial charge is 0.0594 e. The molecular weight excluding hydrogens is 312 g/mol. The fourth-order valence-electron chi connectivity index (χ4n) is 2.99. The minimum absolute atomic E-state index is 0.847. The van der Waals surface area contributed by atoms with Gasteiger partial charge in [-0.05, 0) is 39.3 Å². The summed E-state index contributed by atoms with van der Waals surface area (Å²) < 4.78 is 5.91. The third-order valence-corrected chi connectivity index (χ3v) is 5.25. The van der Waals surface area contributed by atoms with Gasteiger partial charge in [0.1, 0.15) is 0 Å². The molecule has 0 aromatic carbocycles. The van der Waals surface area contributed by atoms with E-state index in [0.29, 0.717) is 0 Å². The Bertz CT molecular complexity index is 244. The molecular formula is C20H46N4O. The summed E-state index contributed by atoms with van der Waals surface area (Å²) >= 11 is 0. The molecule has 25 heavy (non-hydrogen) atoms. The molecule has 0 amide bonds. The van der Waals surface area contributed by atoms with Crippen LogP contribution in [0.4, 0.5) is 0 Å². The van der Waals surface area contributed by atoms with Crippen LogP contribution in [0.1, 0.15) is 41.5 Å². The minimum atomic E-state index is 0.847. The van der Waals surface area contributed by atoms with E-state index in [2.05, 4.69) is 61.1 Å². The predicted molar refractivity (Wildman–Crippen MR) is 111 cm³/mol. The average Bonchev–Trinajstić information content (AvgIpc) is 2.65. The minimum Gasteiger partial charge on any atom is -0.379 e. The summed E-state index contributed by atoms with van der Waals surface area (Å²) in [5.41, 5.74) is 0. The Labute approximate surface area is 158 Å². The second-order valence-electron chi connectivity index (χ2n) is 6.53. The van der Waals surface area contributed by atoms with Crippen molar-refractivity contribution in [3.63, 3.8) is 0 Å². The van der Waals surface area contributed by atoms with E-state index in [-0.39, 0.29) is 0 Å². The van der Waals surface area contributed by atoms with E-state index in [1.165, 1.54) is 0 Å². The van der Waals surface area contributed by atoms with Crippen LogP contribution in [0.2, 0.25) is 0 Å². The van der Waals surface area contributed by atoms with Crippen LogP contribution in [0, 0.1) is 0 Å². The molecule has 0 aliphatic carbocycles. The molecule has 0 aliphatic heterocycles. The second-order valence-corrected chi connectivity index (χ2v) is 6.53. The first-order valence-corrected chi connectivity index (χ1v) is 10.6. The fraction of sp³-hybridized carbons (Fsp3) is 1.00. The summed E-state index contributed by atoms with van der Waals surface area (Å²) in [6, 6.07) is 0. The molecule has 0 N–H and O–H groups in total. The molecule has 0 aromatic rings. The summed E-state index contributed by atoms with van der Waals surface area (Å²) in [6.45, 7) is 28.6. The van der Waals surface area contributed by atoms with Crippen LogP contribution >= 0.6 is 0 Å². The van der Waals surface area contributed by atoms with Gasteiger partial charge in [0, 0.05) is 39.3 Å². The standard InChI is InChI=1S/C20H46N4O/c1-7-21(8-2)13-15-23(11-5)17-19-25-20-18-24(12-6)16-14-22(9-3)10-4/h7-20H2,1-6H3. The number of hydrogen-bond acceptors (Lipinski definition) is 5. The normalized spacial score (nSPS) is 12.2. The SMILES string of the molecule is CCN(CC)CCN(CC)CCOCCN(CC)CCN(CC)CC. The lowest BCUT2D eigenvalue weighted by atomic mass is 10.4. The van der Waals surface area contributed by atoms with Crippen LogP contribution in [0.5, 0.6) is 0 Å². The largest absolute Gasteiger partial charge is 0.379 e. The molecule has 0 radical (unpaired) electrons. The highest BCUT2D eigenvalue weighted by Crippen LogP contribution is 1.95. The predicted octanol–water partition coefficient (Wildman–Crippen LogP) is 2.33. The van der Waals surface area contributed by atoms with Crippen LogP contribution in [-0.4, -0.2) is 111 Å². The molecule has 5 nitrogen and oxygen atoms in total. The lowest BCUT2D eigenvalue weighted by Crippen LogP contribution is -2.38. The van der Waals surface area contributed by atoms with Crippen molar-refractivity contribution in [2.24, 2.45) is 0 Å². The highest BCUT2D eigenvalue weighted by atomic mass is 16.5.